The maximum absolute atomic E-state index is 12.1. The molecular formula is C16H12N6O3. The van der Waals surface area contributed by atoms with Crippen molar-refractivity contribution in [2.75, 3.05) is 5.43 Å². The second-order valence-electron chi connectivity index (χ2n) is 4.90. The molecule has 124 valence electrons. The van der Waals surface area contributed by atoms with Crippen LogP contribution in [0.4, 0.5) is 11.6 Å². The number of nitrogens with zero attached hydrogens (tertiary/aromatic N) is 4. The molecule has 0 atom stereocenters. The highest BCUT2D eigenvalue weighted by atomic mass is 16.6. The molecule has 25 heavy (non-hydrogen) atoms. The molecule has 0 spiro atoms. The van der Waals surface area contributed by atoms with E-state index < -0.39 is 10.5 Å². The zero-order valence-corrected chi connectivity index (χ0v) is 12.8. The number of hydrogen-bond donors (Lipinski definition) is 2. The molecular weight excluding hydrogens is 324 g/mol. The molecule has 2 N–H and O–H groups in total. The minimum Gasteiger partial charge on any atom is -0.288 e. The molecule has 0 aliphatic rings. The number of H-pyrrole nitrogens is 1. The van der Waals surface area contributed by atoms with Crippen molar-refractivity contribution >= 4 is 17.9 Å². The number of para-hydroxylation sites is 1. The summed E-state index contributed by atoms with van der Waals surface area (Å²) in [6.07, 6.45) is 1.27. The predicted molar refractivity (Wildman–Crippen MR) is 92.4 cm³/mol. The molecule has 0 unspecified atom stereocenters. The van der Waals surface area contributed by atoms with E-state index in [9.17, 15) is 14.9 Å². The molecule has 9 nitrogen and oxygen atoms in total. The van der Waals surface area contributed by atoms with Crippen LogP contribution in [-0.4, -0.2) is 26.3 Å². The van der Waals surface area contributed by atoms with Gasteiger partial charge in [-0.05, 0) is 6.07 Å². The lowest BCUT2D eigenvalue weighted by Crippen LogP contribution is -2.15. The Labute approximate surface area is 141 Å². The Morgan fingerprint density at radius 1 is 1.08 bits per heavy atom. The Balaban J connectivity index is 1.78. The number of nitrogens with one attached hydrogen (secondary N) is 2. The van der Waals surface area contributed by atoms with Gasteiger partial charge in [-0.1, -0.05) is 42.5 Å². The number of benzene rings is 2. The number of rotatable bonds is 5. The molecule has 9 heteroatoms. The summed E-state index contributed by atoms with van der Waals surface area (Å²) in [7, 11) is 0. The molecule has 0 bridgehead atoms. The van der Waals surface area contributed by atoms with Gasteiger partial charge in [-0.3, -0.25) is 19.9 Å². The summed E-state index contributed by atoms with van der Waals surface area (Å²) in [4.78, 5) is 25.0. The lowest BCUT2D eigenvalue weighted by atomic mass is 10.2. The van der Waals surface area contributed by atoms with Gasteiger partial charge in [0.15, 0.2) is 5.69 Å². The van der Waals surface area contributed by atoms with E-state index in [-0.39, 0.29) is 17.3 Å². The summed E-state index contributed by atoms with van der Waals surface area (Å²) >= 11 is 0. The highest BCUT2D eigenvalue weighted by molar-refractivity contribution is 5.85. The van der Waals surface area contributed by atoms with Crippen LogP contribution in [0.15, 0.2) is 64.5 Å². The topological polar surface area (TPSA) is 126 Å². The molecule has 0 fully saturated rings. The molecule has 0 saturated carbocycles. The van der Waals surface area contributed by atoms with Crippen molar-refractivity contribution in [3.8, 4) is 11.3 Å². The second-order valence-corrected chi connectivity index (χ2v) is 4.90. The Morgan fingerprint density at radius 2 is 1.80 bits per heavy atom. The summed E-state index contributed by atoms with van der Waals surface area (Å²) in [6.45, 7) is 0. The van der Waals surface area contributed by atoms with E-state index in [0.717, 1.165) is 0 Å². The fraction of sp³-hybridized carbons (Fsp3) is 0. The monoisotopic (exact) mass is 336 g/mol. The van der Waals surface area contributed by atoms with Gasteiger partial charge in [0.2, 0.25) is 5.95 Å². The van der Waals surface area contributed by atoms with Crippen molar-refractivity contribution in [1.29, 1.82) is 0 Å². The SMILES string of the molecule is O=c1[nH]c(N/N=C/c2ccccc2[N+](=O)[O-])nnc1-c1ccccc1. The summed E-state index contributed by atoms with van der Waals surface area (Å²) in [6, 6.07) is 15.1. The van der Waals surface area contributed by atoms with Gasteiger partial charge in [0.1, 0.15) is 0 Å². The summed E-state index contributed by atoms with van der Waals surface area (Å²) in [5, 5.41) is 22.5. The highest BCUT2D eigenvalue weighted by Gasteiger charge is 2.10. The molecule has 0 saturated heterocycles. The third-order valence-corrected chi connectivity index (χ3v) is 3.25. The van der Waals surface area contributed by atoms with Gasteiger partial charge < -0.3 is 0 Å². The fourth-order valence-electron chi connectivity index (χ4n) is 2.10. The minimum atomic E-state index is -0.502. The first kappa shape index (κ1) is 16.0. The predicted octanol–water partition coefficient (Wildman–Crippen LogP) is 2.19. The summed E-state index contributed by atoms with van der Waals surface area (Å²) < 4.78 is 0. The molecule has 1 heterocycles. The van der Waals surface area contributed by atoms with Crippen LogP contribution in [0.1, 0.15) is 5.56 Å². The van der Waals surface area contributed by atoms with Crippen LogP contribution in [0.5, 0.6) is 0 Å². The molecule has 3 rings (SSSR count). The van der Waals surface area contributed by atoms with Gasteiger partial charge in [0.05, 0.1) is 16.7 Å². The van der Waals surface area contributed by atoms with Gasteiger partial charge in [0.25, 0.3) is 11.2 Å². The second kappa shape index (κ2) is 7.13. The van der Waals surface area contributed by atoms with E-state index in [0.29, 0.717) is 11.1 Å². The van der Waals surface area contributed by atoms with Crippen LogP contribution < -0.4 is 11.0 Å². The lowest BCUT2D eigenvalue weighted by Gasteiger charge is -2.01. The van der Waals surface area contributed by atoms with Crippen molar-refractivity contribution in [3.05, 3.63) is 80.6 Å². The first-order valence-electron chi connectivity index (χ1n) is 7.20. The van der Waals surface area contributed by atoms with E-state index in [2.05, 4.69) is 25.7 Å². The standard InChI is InChI=1S/C16H12N6O3/c23-15-14(11-6-2-1-3-7-11)19-21-16(18-15)20-17-10-12-8-4-5-9-13(12)22(24)25/h1-10H,(H2,18,20,21,23)/b17-10+. The quantitative estimate of drug-likeness (QED) is 0.418. The molecule has 0 radical (unpaired) electrons. The van der Waals surface area contributed by atoms with Gasteiger partial charge in [-0.15, -0.1) is 10.2 Å². The van der Waals surface area contributed by atoms with Gasteiger partial charge in [-0.2, -0.15) is 5.10 Å². The van der Waals surface area contributed by atoms with Crippen LogP contribution in [0.3, 0.4) is 0 Å². The van der Waals surface area contributed by atoms with Crippen molar-refractivity contribution in [3.63, 3.8) is 0 Å². The zero-order chi connectivity index (χ0) is 17.6. The average Bonchev–Trinajstić information content (AvgIpc) is 2.63. The number of anilines is 1. The number of aromatic nitrogens is 3. The van der Waals surface area contributed by atoms with Crippen LogP contribution in [-0.2, 0) is 0 Å². The molecule has 2 aromatic carbocycles. The number of nitro benzene ring substituents is 1. The third kappa shape index (κ3) is 3.72. The number of hydrogen-bond acceptors (Lipinski definition) is 7. The smallest absolute Gasteiger partial charge is 0.279 e. The number of nitro groups is 1. The largest absolute Gasteiger partial charge is 0.288 e. The van der Waals surface area contributed by atoms with Crippen molar-refractivity contribution in [2.24, 2.45) is 5.10 Å². The first-order chi connectivity index (χ1) is 12.1. The molecule has 0 amide bonds. The van der Waals surface area contributed by atoms with Crippen LogP contribution in [0, 0.1) is 10.1 Å². The van der Waals surface area contributed by atoms with Crippen molar-refractivity contribution in [2.45, 2.75) is 0 Å². The van der Waals surface area contributed by atoms with E-state index in [1.165, 1.54) is 12.3 Å². The Bertz CT molecular complexity index is 984. The molecule has 0 aliphatic heterocycles. The van der Waals surface area contributed by atoms with Crippen molar-refractivity contribution < 1.29 is 4.92 Å². The van der Waals surface area contributed by atoms with Crippen LogP contribution in [0.25, 0.3) is 11.3 Å². The Kier molecular flexibility index (Phi) is 4.56. The Morgan fingerprint density at radius 3 is 2.52 bits per heavy atom. The molecule has 0 aliphatic carbocycles. The van der Waals surface area contributed by atoms with Gasteiger partial charge >= 0.3 is 0 Å². The van der Waals surface area contributed by atoms with E-state index in [1.807, 2.05) is 6.07 Å². The van der Waals surface area contributed by atoms with E-state index in [1.54, 1.807) is 42.5 Å². The maximum Gasteiger partial charge on any atom is 0.279 e. The van der Waals surface area contributed by atoms with E-state index >= 15 is 0 Å². The maximum atomic E-state index is 12.1. The van der Waals surface area contributed by atoms with Crippen LogP contribution in [0.2, 0.25) is 0 Å². The Hall–Kier alpha value is -3.88. The zero-order valence-electron chi connectivity index (χ0n) is 12.8. The summed E-state index contributed by atoms with van der Waals surface area (Å²) in [5.41, 5.74) is 3.14. The van der Waals surface area contributed by atoms with Crippen molar-refractivity contribution in [1.82, 2.24) is 15.2 Å². The third-order valence-electron chi connectivity index (χ3n) is 3.25. The molecule has 1 aromatic heterocycles. The van der Waals surface area contributed by atoms with Crippen LogP contribution >= 0.6 is 0 Å². The molecule has 3 aromatic rings. The summed E-state index contributed by atoms with van der Waals surface area (Å²) in [5.74, 6) is 0.0273. The normalized spacial score (nSPS) is 10.7. The minimum absolute atomic E-state index is 0.0273. The fourth-order valence-corrected chi connectivity index (χ4v) is 2.10. The van der Waals surface area contributed by atoms with Gasteiger partial charge in [-0.25, -0.2) is 5.43 Å². The number of hydrazone groups is 1. The lowest BCUT2D eigenvalue weighted by molar-refractivity contribution is -0.385. The first-order valence-corrected chi connectivity index (χ1v) is 7.20. The highest BCUT2D eigenvalue weighted by Crippen LogP contribution is 2.15. The number of aromatic amines is 1. The van der Waals surface area contributed by atoms with E-state index in [4.69, 9.17) is 0 Å². The van der Waals surface area contributed by atoms with Gasteiger partial charge in [0, 0.05) is 11.6 Å². The average molecular weight is 336 g/mol.